The van der Waals surface area contributed by atoms with E-state index in [-0.39, 0.29) is 19.0 Å². The monoisotopic (exact) mass is 457 g/mol. The van der Waals surface area contributed by atoms with Crippen molar-refractivity contribution >= 4 is 21.8 Å². The first-order chi connectivity index (χ1) is 13.3. The minimum atomic E-state index is -4.23. The van der Waals surface area contributed by atoms with Crippen LogP contribution in [-0.2, 0) is 0 Å². The number of amides is 1. The van der Waals surface area contributed by atoms with E-state index in [2.05, 4.69) is 20.9 Å². The molecule has 0 atom stereocenters. The van der Waals surface area contributed by atoms with Gasteiger partial charge in [0.25, 0.3) is 5.91 Å². The van der Waals surface area contributed by atoms with E-state index in [1.54, 1.807) is 29.2 Å². The highest BCUT2D eigenvalue weighted by Gasteiger charge is 2.32. The molecule has 0 N–H and O–H groups in total. The number of aromatic nitrogens is 1. The molecule has 1 saturated heterocycles. The molecule has 150 valence electrons. The number of nitrogens with zero attached hydrogens (tertiary/aromatic N) is 3. The van der Waals surface area contributed by atoms with Crippen molar-refractivity contribution in [1.82, 2.24) is 14.8 Å². The van der Waals surface area contributed by atoms with E-state index < -0.39 is 12.7 Å². The van der Waals surface area contributed by atoms with E-state index in [1.165, 1.54) is 11.1 Å². The lowest BCUT2D eigenvalue weighted by atomic mass is 10.2. The summed E-state index contributed by atoms with van der Waals surface area (Å²) >= 11 is 3.35. The maximum Gasteiger partial charge on any atom is 0.401 e. The lowest BCUT2D eigenvalue weighted by Crippen LogP contribution is -2.38. The zero-order valence-corrected chi connectivity index (χ0v) is 16.5. The fraction of sp³-hybridized carbons (Fsp3) is 0.368. The first-order valence-corrected chi connectivity index (χ1v) is 9.57. The first kappa shape index (κ1) is 20.6. The van der Waals surface area contributed by atoms with Crippen molar-refractivity contribution in [2.75, 3.05) is 32.7 Å². The number of hydrogen-bond donors (Lipinski definition) is 0. The Labute approximate surface area is 169 Å². The van der Waals surface area contributed by atoms with Crippen LogP contribution in [0.4, 0.5) is 13.2 Å². The Kier molecular flexibility index (Phi) is 6.56. The molecule has 0 saturated carbocycles. The Hall–Kier alpha value is -2.13. The Bertz CT molecular complexity index is 798. The topological polar surface area (TPSA) is 45.7 Å². The second-order valence-corrected chi connectivity index (χ2v) is 7.39. The summed E-state index contributed by atoms with van der Waals surface area (Å²) in [6.45, 7) is 0.250. The number of rotatable bonds is 4. The number of alkyl halides is 3. The summed E-state index contributed by atoms with van der Waals surface area (Å²) in [6.07, 6.45) is -2.30. The maximum absolute atomic E-state index is 12.7. The van der Waals surface area contributed by atoms with Crippen LogP contribution < -0.4 is 4.74 Å². The minimum absolute atomic E-state index is 0.198. The number of pyridine rings is 1. The molecular weight excluding hydrogens is 439 g/mol. The van der Waals surface area contributed by atoms with Crippen LogP contribution >= 0.6 is 15.9 Å². The third kappa shape index (κ3) is 5.93. The quantitative estimate of drug-likeness (QED) is 0.684. The molecule has 1 aromatic carbocycles. The first-order valence-electron chi connectivity index (χ1n) is 8.78. The van der Waals surface area contributed by atoms with Crippen molar-refractivity contribution in [3.63, 3.8) is 0 Å². The summed E-state index contributed by atoms with van der Waals surface area (Å²) in [5, 5.41) is 0. The second kappa shape index (κ2) is 8.91. The molecular formula is C19H19BrF3N3O2. The van der Waals surface area contributed by atoms with Crippen LogP contribution in [0.2, 0.25) is 0 Å². The molecule has 2 heterocycles. The largest absolute Gasteiger partial charge is 0.439 e. The zero-order chi connectivity index (χ0) is 20.1. The Balaban J connectivity index is 1.59. The fourth-order valence-corrected chi connectivity index (χ4v) is 3.22. The van der Waals surface area contributed by atoms with E-state index >= 15 is 0 Å². The van der Waals surface area contributed by atoms with Gasteiger partial charge in [-0.05, 0) is 36.8 Å². The standard InChI is InChI=1S/C19H19BrF3N3O2/c20-15-3-5-16(6-4-15)28-17-7-2-14(12-24-17)18(27)26-9-1-8-25(10-11-26)13-19(21,22)23/h2-7,12H,1,8-11,13H2. The van der Waals surface area contributed by atoms with Crippen molar-refractivity contribution in [2.24, 2.45) is 0 Å². The van der Waals surface area contributed by atoms with Gasteiger partial charge in [-0.1, -0.05) is 15.9 Å². The molecule has 2 aromatic rings. The molecule has 0 aliphatic carbocycles. The van der Waals surface area contributed by atoms with Crippen molar-refractivity contribution in [1.29, 1.82) is 0 Å². The van der Waals surface area contributed by atoms with Crippen LogP contribution in [0.25, 0.3) is 0 Å². The van der Waals surface area contributed by atoms with Gasteiger partial charge in [-0.25, -0.2) is 4.98 Å². The van der Waals surface area contributed by atoms with Gasteiger partial charge >= 0.3 is 6.18 Å². The normalized spacial score (nSPS) is 15.9. The van der Waals surface area contributed by atoms with Crippen molar-refractivity contribution in [3.8, 4) is 11.6 Å². The molecule has 9 heteroatoms. The predicted octanol–water partition coefficient (Wildman–Crippen LogP) is 4.35. The van der Waals surface area contributed by atoms with Gasteiger partial charge in [0.1, 0.15) is 5.75 Å². The summed E-state index contributed by atoms with van der Waals surface area (Å²) in [6, 6.07) is 10.5. The molecule has 0 bridgehead atoms. The van der Waals surface area contributed by atoms with Gasteiger partial charge in [-0.3, -0.25) is 9.69 Å². The van der Waals surface area contributed by atoms with Crippen LogP contribution in [0.1, 0.15) is 16.8 Å². The van der Waals surface area contributed by atoms with Crippen LogP contribution in [0.5, 0.6) is 11.6 Å². The van der Waals surface area contributed by atoms with Crippen LogP contribution in [-0.4, -0.2) is 59.6 Å². The molecule has 1 aliphatic rings. The summed E-state index contributed by atoms with van der Waals surface area (Å²) < 4.78 is 44.2. The summed E-state index contributed by atoms with van der Waals surface area (Å²) in [5.74, 6) is 0.731. The van der Waals surface area contributed by atoms with Gasteiger partial charge < -0.3 is 9.64 Å². The van der Waals surface area contributed by atoms with Crippen molar-refractivity contribution < 1.29 is 22.7 Å². The second-order valence-electron chi connectivity index (χ2n) is 6.48. The number of benzene rings is 1. The molecule has 3 rings (SSSR count). The smallest absolute Gasteiger partial charge is 0.401 e. The third-order valence-corrected chi connectivity index (χ3v) is 4.83. The highest BCUT2D eigenvalue weighted by atomic mass is 79.9. The van der Waals surface area contributed by atoms with Gasteiger partial charge in [0, 0.05) is 42.9 Å². The van der Waals surface area contributed by atoms with E-state index in [0.29, 0.717) is 36.7 Å². The molecule has 1 amide bonds. The van der Waals surface area contributed by atoms with Gasteiger partial charge in [-0.15, -0.1) is 0 Å². The Morgan fingerprint density at radius 2 is 1.82 bits per heavy atom. The van der Waals surface area contributed by atoms with E-state index in [4.69, 9.17) is 4.74 Å². The molecule has 1 fully saturated rings. The molecule has 5 nitrogen and oxygen atoms in total. The molecule has 1 aromatic heterocycles. The van der Waals surface area contributed by atoms with Crippen LogP contribution in [0, 0.1) is 0 Å². The summed E-state index contributed by atoms with van der Waals surface area (Å²) in [7, 11) is 0. The van der Waals surface area contributed by atoms with Crippen molar-refractivity contribution in [3.05, 3.63) is 52.6 Å². The van der Waals surface area contributed by atoms with Gasteiger partial charge in [-0.2, -0.15) is 13.2 Å². The Morgan fingerprint density at radius 1 is 1.07 bits per heavy atom. The van der Waals surface area contributed by atoms with Gasteiger partial charge in [0.15, 0.2) is 0 Å². The number of carbonyl (C=O) groups excluding carboxylic acids is 1. The predicted molar refractivity (Wildman–Crippen MR) is 101 cm³/mol. The van der Waals surface area contributed by atoms with Crippen LogP contribution in [0.3, 0.4) is 0 Å². The van der Waals surface area contributed by atoms with Crippen LogP contribution in [0.15, 0.2) is 47.1 Å². The average Bonchev–Trinajstić information content (AvgIpc) is 2.88. The van der Waals surface area contributed by atoms with E-state index in [1.807, 2.05) is 12.1 Å². The average molecular weight is 458 g/mol. The number of hydrogen-bond acceptors (Lipinski definition) is 4. The number of carbonyl (C=O) groups is 1. The molecule has 0 unspecified atom stereocenters. The SMILES string of the molecule is O=C(c1ccc(Oc2ccc(Br)cc2)nc1)N1CCCN(CC(F)(F)F)CC1. The number of halogens is 4. The van der Waals surface area contributed by atoms with E-state index in [9.17, 15) is 18.0 Å². The molecule has 0 radical (unpaired) electrons. The lowest BCUT2D eigenvalue weighted by molar-refractivity contribution is -0.145. The number of ether oxygens (including phenoxy) is 1. The highest BCUT2D eigenvalue weighted by molar-refractivity contribution is 9.10. The molecule has 28 heavy (non-hydrogen) atoms. The molecule has 1 aliphatic heterocycles. The Morgan fingerprint density at radius 3 is 2.46 bits per heavy atom. The van der Waals surface area contributed by atoms with Gasteiger partial charge in [0.05, 0.1) is 12.1 Å². The van der Waals surface area contributed by atoms with Crippen molar-refractivity contribution in [2.45, 2.75) is 12.6 Å². The van der Waals surface area contributed by atoms with Gasteiger partial charge in [0.2, 0.25) is 5.88 Å². The highest BCUT2D eigenvalue weighted by Crippen LogP contribution is 2.22. The zero-order valence-electron chi connectivity index (χ0n) is 15.0. The summed E-state index contributed by atoms with van der Waals surface area (Å²) in [5.41, 5.74) is 0.382. The summed E-state index contributed by atoms with van der Waals surface area (Å²) in [4.78, 5) is 19.7. The molecule has 0 spiro atoms. The lowest BCUT2D eigenvalue weighted by Gasteiger charge is -2.22. The third-order valence-electron chi connectivity index (χ3n) is 4.30. The fourth-order valence-electron chi connectivity index (χ4n) is 2.96. The van der Waals surface area contributed by atoms with E-state index in [0.717, 1.165) is 4.47 Å². The minimum Gasteiger partial charge on any atom is -0.439 e. The maximum atomic E-state index is 12.7.